The molecule has 1 aliphatic rings. The number of hydrogen-bond donors (Lipinski definition) is 2. The van der Waals surface area contributed by atoms with E-state index >= 15 is 0 Å². The summed E-state index contributed by atoms with van der Waals surface area (Å²) in [4.78, 5) is 2.33. The van der Waals surface area contributed by atoms with Crippen molar-refractivity contribution in [2.45, 2.75) is 37.6 Å². The minimum absolute atomic E-state index is 0.0216. The summed E-state index contributed by atoms with van der Waals surface area (Å²) >= 11 is 1.52. The summed E-state index contributed by atoms with van der Waals surface area (Å²) in [7, 11) is -3.35. The number of piperidine rings is 1. The lowest BCUT2D eigenvalue weighted by atomic mass is 10.1. The van der Waals surface area contributed by atoms with E-state index in [0.717, 1.165) is 35.7 Å². The van der Waals surface area contributed by atoms with Crippen LogP contribution in [0.1, 0.15) is 22.6 Å². The van der Waals surface area contributed by atoms with Gasteiger partial charge in [-0.1, -0.05) is 0 Å². The number of sulfonamides is 1. The third kappa shape index (κ3) is 3.07. The zero-order valence-corrected chi connectivity index (χ0v) is 11.7. The summed E-state index contributed by atoms with van der Waals surface area (Å²) in [5, 5.41) is 3.20. The zero-order chi connectivity index (χ0) is 12.5. The van der Waals surface area contributed by atoms with Crippen molar-refractivity contribution in [2.75, 3.05) is 13.1 Å². The minimum Gasteiger partial charge on any atom is -0.315 e. The summed E-state index contributed by atoms with van der Waals surface area (Å²) in [5.41, 5.74) is 0. The van der Waals surface area contributed by atoms with Gasteiger partial charge >= 0.3 is 0 Å². The van der Waals surface area contributed by atoms with Gasteiger partial charge < -0.3 is 5.32 Å². The van der Waals surface area contributed by atoms with Crippen LogP contribution in [-0.4, -0.2) is 27.5 Å². The third-order valence-electron chi connectivity index (χ3n) is 2.90. The fraction of sp³-hybridized carbons (Fsp3) is 0.636. The maximum Gasteiger partial charge on any atom is 0.241 e. The molecular weight excluding hydrogens is 256 g/mol. The summed E-state index contributed by atoms with van der Waals surface area (Å²) in [5.74, 6) is 0. The topological polar surface area (TPSA) is 58.2 Å². The van der Waals surface area contributed by atoms with Crippen LogP contribution < -0.4 is 10.0 Å². The van der Waals surface area contributed by atoms with Crippen molar-refractivity contribution >= 4 is 21.4 Å². The van der Waals surface area contributed by atoms with E-state index in [-0.39, 0.29) is 6.04 Å². The van der Waals surface area contributed by atoms with Gasteiger partial charge in [-0.05, 0) is 39.3 Å². The van der Waals surface area contributed by atoms with E-state index in [1.54, 1.807) is 6.07 Å². The molecule has 1 aromatic heterocycles. The highest BCUT2D eigenvalue weighted by Crippen LogP contribution is 2.25. The molecule has 4 nitrogen and oxygen atoms in total. The van der Waals surface area contributed by atoms with Gasteiger partial charge in [0.25, 0.3) is 0 Å². The van der Waals surface area contributed by atoms with Gasteiger partial charge in [0, 0.05) is 22.3 Å². The van der Waals surface area contributed by atoms with Crippen LogP contribution in [0.15, 0.2) is 11.0 Å². The van der Waals surface area contributed by atoms with Gasteiger partial charge in [0.15, 0.2) is 0 Å². The van der Waals surface area contributed by atoms with Crippen molar-refractivity contribution in [3.63, 3.8) is 0 Å². The molecule has 2 heterocycles. The molecule has 1 aromatic rings. The average molecular weight is 274 g/mol. The predicted molar refractivity (Wildman–Crippen MR) is 70.0 cm³/mol. The first-order valence-electron chi connectivity index (χ1n) is 5.79. The molecule has 1 saturated heterocycles. The van der Waals surface area contributed by atoms with Crippen LogP contribution in [0.25, 0.3) is 0 Å². The number of thiophene rings is 1. The molecule has 0 bridgehead atoms. The van der Waals surface area contributed by atoms with E-state index in [4.69, 9.17) is 0 Å². The average Bonchev–Trinajstić information content (AvgIpc) is 2.59. The smallest absolute Gasteiger partial charge is 0.241 e. The van der Waals surface area contributed by atoms with E-state index in [0.29, 0.717) is 4.90 Å². The Morgan fingerprint density at radius 2 is 2.24 bits per heavy atom. The summed E-state index contributed by atoms with van der Waals surface area (Å²) in [6, 6.07) is 1.77. The minimum atomic E-state index is -3.35. The van der Waals surface area contributed by atoms with Gasteiger partial charge in [0.2, 0.25) is 10.0 Å². The monoisotopic (exact) mass is 274 g/mol. The second kappa shape index (κ2) is 5.06. The molecule has 96 valence electrons. The molecule has 1 fully saturated rings. The first kappa shape index (κ1) is 13.0. The third-order valence-corrected chi connectivity index (χ3v) is 5.65. The first-order valence-corrected chi connectivity index (χ1v) is 8.09. The van der Waals surface area contributed by atoms with Crippen molar-refractivity contribution in [3.05, 3.63) is 15.8 Å². The standard InChI is InChI=1S/C11H18N2O2S2/c1-8-6-11(9(2)16-8)17(14,15)13-10-4-3-5-12-7-10/h6,10,12-13H,3-5,7H2,1-2H3. The Morgan fingerprint density at radius 1 is 1.47 bits per heavy atom. The molecule has 17 heavy (non-hydrogen) atoms. The molecule has 1 aliphatic heterocycles. The van der Waals surface area contributed by atoms with Crippen LogP contribution in [0.2, 0.25) is 0 Å². The van der Waals surface area contributed by atoms with Gasteiger partial charge in [-0.3, -0.25) is 0 Å². The van der Waals surface area contributed by atoms with Crippen LogP contribution >= 0.6 is 11.3 Å². The van der Waals surface area contributed by atoms with Gasteiger partial charge in [0.05, 0.1) is 4.90 Å². The Morgan fingerprint density at radius 3 is 2.76 bits per heavy atom. The van der Waals surface area contributed by atoms with Crippen LogP contribution in [0.4, 0.5) is 0 Å². The summed E-state index contributed by atoms with van der Waals surface area (Å²) in [6.45, 7) is 5.49. The number of nitrogens with one attached hydrogen (secondary N) is 2. The molecule has 0 aliphatic carbocycles. The second-order valence-electron chi connectivity index (χ2n) is 4.44. The maximum atomic E-state index is 12.2. The van der Waals surface area contributed by atoms with Crippen LogP contribution in [-0.2, 0) is 10.0 Å². The zero-order valence-electron chi connectivity index (χ0n) is 10.1. The Hall–Kier alpha value is -0.430. The maximum absolute atomic E-state index is 12.2. The summed E-state index contributed by atoms with van der Waals surface area (Å²) in [6.07, 6.45) is 1.93. The van der Waals surface area contributed by atoms with Crippen molar-refractivity contribution in [3.8, 4) is 0 Å². The Labute approximate surface area is 106 Å². The molecule has 0 aromatic carbocycles. The highest BCUT2D eigenvalue weighted by molar-refractivity contribution is 7.89. The molecular formula is C11H18N2O2S2. The normalized spacial score (nSPS) is 21.6. The van der Waals surface area contributed by atoms with Crippen LogP contribution in [0, 0.1) is 13.8 Å². The van der Waals surface area contributed by atoms with Gasteiger partial charge in [0.1, 0.15) is 0 Å². The van der Waals surface area contributed by atoms with E-state index in [9.17, 15) is 8.42 Å². The second-order valence-corrected chi connectivity index (χ2v) is 7.58. The highest BCUT2D eigenvalue weighted by Gasteiger charge is 2.24. The molecule has 2 N–H and O–H groups in total. The molecule has 0 spiro atoms. The first-order chi connectivity index (χ1) is 7.99. The van der Waals surface area contributed by atoms with Crippen molar-refractivity contribution < 1.29 is 8.42 Å². The number of hydrogen-bond acceptors (Lipinski definition) is 4. The fourth-order valence-corrected chi connectivity index (χ4v) is 4.93. The molecule has 0 amide bonds. The fourth-order valence-electron chi connectivity index (χ4n) is 2.11. The van der Waals surface area contributed by atoms with Gasteiger partial charge in [-0.15, -0.1) is 11.3 Å². The van der Waals surface area contributed by atoms with Gasteiger partial charge in [-0.25, -0.2) is 13.1 Å². The molecule has 1 unspecified atom stereocenters. The lowest BCUT2D eigenvalue weighted by Crippen LogP contribution is -2.45. The highest BCUT2D eigenvalue weighted by atomic mass is 32.2. The van der Waals surface area contributed by atoms with E-state index in [1.165, 1.54) is 11.3 Å². The Bertz CT molecular complexity index is 488. The van der Waals surface area contributed by atoms with E-state index < -0.39 is 10.0 Å². The van der Waals surface area contributed by atoms with E-state index in [1.807, 2.05) is 13.8 Å². The van der Waals surface area contributed by atoms with Crippen molar-refractivity contribution in [1.29, 1.82) is 0 Å². The van der Waals surface area contributed by atoms with Crippen molar-refractivity contribution in [2.24, 2.45) is 0 Å². The molecule has 2 rings (SSSR count). The van der Waals surface area contributed by atoms with Crippen LogP contribution in [0.5, 0.6) is 0 Å². The molecule has 0 radical (unpaired) electrons. The van der Waals surface area contributed by atoms with Crippen LogP contribution in [0.3, 0.4) is 0 Å². The Kier molecular flexibility index (Phi) is 3.87. The largest absolute Gasteiger partial charge is 0.315 e. The number of rotatable bonds is 3. The SMILES string of the molecule is Cc1cc(S(=O)(=O)NC2CCCNC2)c(C)s1. The number of aryl methyl sites for hydroxylation is 2. The lowest BCUT2D eigenvalue weighted by molar-refractivity contribution is 0.428. The predicted octanol–water partition coefficient (Wildman–Crippen LogP) is 1.40. The molecule has 6 heteroatoms. The van der Waals surface area contributed by atoms with Crippen molar-refractivity contribution in [1.82, 2.24) is 10.0 Å². The quantitative estimate of drug-likeness (QED) is 0.876. The Balaban J connectivity index is 2.15. The molecule has 1 atom stereocenters. The van der Waals surface area contributed by atoms with Gasteiger partial charge in [-0.2, -0.15) is 0 Å². The lowest BCUT2D eigenvalue weighted by Gasteiger charge is -2.23. The molecule has 0 saturated carbocycles. The summed E-state index contributed by atoms with van der Waals surface area (Å²) < 4.78 is 27.2. The van der Waals surface area contributed by atoms with E-state index in [2.05, 4.69) is 10.0 Å².